The Balaban J connectivity index is 2.28. The second kappa shape index (κ2) is 6.32. The Bertz CT molecular complexity index is 346. The lowest BCUT2D eigenvalue weighted by Crippen LogP contribution is -2.40. The molecule has 7 heteroatoms. The number of rotatable bonds is 5. The molecule has 0 aliphatic heterocycles. The van der Waals surface area contributed by atoms with Crippen molar-refractivity contribution >= 4 is 16.0 Å². The predicted molar refractivity (Wildman–Crippen MR) is 62.0 cm³/mol. The number of amides is 1. The summed E-state index contributed by atoms with van der Waals surface area (Å²) in [6, 6.07) is 0.0945. The van der Waals surface area contributed by atoms with E-state index in [-0.39, 0.29) is 24.7 Å². The Hall–Kier alpha value is -0.660. The van der Waals surface area contributed by atoms with Crippen LogP contribution in [0, 0.1) is 0 Å². The molecule has 0 aromatic heterocycles. The molecule has 0 saturated heterocycles. The molecule has 0 spiro atoms. The molecule has 0 radical (unpaired) electrons. The van der Waals surface area contributed by atoms with Crippen molar-refractivity contribution in [1.82, 2.24) is 5.32 Å². The number of hydrogen-bond donors (Lipinski definition) is 1. The molecular formula is C10H19NO5S. The first-order valence-electron chi connectivity index (χ1n) is 5.57. The van der Waals surface area contributed by atoms with Gasteiger partial charge in [-0.25, -0.2) is 0 Å². The van der Waals surface area contributed by atoms with Gasteiger partial charge < -0.3 is 10.1 Å². The Kier molecular flexibility index (Phi) is 5.35. The van der Waals surface area contributed by atoms with Gasteiger partial charge in [-0.05, 0) is 25.7 Å². The topological polar surface area (TPSA) is 81.7 Å². The normalized spacial score (nSPS) is 25.5. The molecule has 1 aliphatic rings. The molecule has 0 atom stereocenters. The largest absolute Gasteiger partial charge is 0.375 e. The highest BCUT2D eigenvalue weighted by molar-refractivity contribution is 7.86. The number of hydrogen-bond acceptors (Lipinski definition) is 5. The van der Waals surface area contributed by atoms with Gasteiger partial charge in [-0.1, -0.05) is 0 Å². The number of carbonyl (C=O) groups is 1. The van der Waals surface area contributed by atoms with Crippen molar-refractivity contribution in [2.75, 3.05) is 20.0 Å². The van der Waals surface area contributed by atoms with Crippen LogP contribution in [-0.4, -0.2) is 46.4 Å². The minimum atomic E-state index is -3.38. The van der Waals surface area contributed by atoms with Crippen molar-refractivity contribution in [3.05, 3.63) is 0 Å². The first-order valence-corrected chi connectivity index (χ1v) is 7.39. The van der Waals surface area contributed by atoms with Crippen LogP contribution in [0.25, 0.3) is 0 Å². The highest BCUT2D eigenvalue weighted by Crippen LogP contribution is 2.22. The van der Waals surface area contributed by atoms with Crippen LogP contribution < -0.4 is 5.32 Å². The SMILES string of the molecule is COCC(=O)N[C@H]1CC[C@H](OS(C)(=O)=O)CC1. The molecular weight excluding hydrogens is 246 g/mol. The van der Waals surface area contributed by atoms with Crippen LogP contribution in [0.1, 0.15) is 25.7 Å². The van der Waals surface area contributed by atoms with Crippen LogP contribution in [0.15, 0.2) is 0 Å². The fourth-order valence-corrected chi connectivity index (χ4v) is 2.64. The quantitative estimate of drug-likeness (QED) is 0.710. The highest BCUT2D eigenvalue weighted by Gasteiger charge is 2.25. The predicted octanol–water partition coefficient (Wildman–Crippen LogP) is 0.0364. The van der Waals surface area contributed by atoms with Gasteiger partial charge in [0.05, 0.1) is 12.4 Å². The Labute approximate surface area is 102 Å². The van der Waals surface area contributed by atoms with Crippen LogP contribution in [0.5, 0.6) is 0 Å². The van der Waals surface area contributed by atoms with Crippen molar-refractivity contribution in [3.8, 4) is 0 Å². The molecule has 1 rings (SSSR count). The summed E-state index contributed by atoms with van der Waals surface area (Å²) in [4.78, 5) is 11.3. The lowest BCUT2D eigenvalue weighted by molar-refractivity contribution is -0.125. The second-order valence-corrected chi connectivity index (χ2v) is 5.88. The smallest absolute Gasteiger partial charge is 0.264 e. The minimum absolute atomic E-state index is 0.0553. The van der Waals surface area contributed by atoms with E-state index in [1.54, 1.807) is 0 Å². The Morgan fingerprint density at radius 1 is 1.29 bits per heavy atom. The fraction of sp³-hybridized carbons (Fsp3) is 0.900. The van der Waals surface area contributed by atoms with E-state index < -0.39 is 10.1 Å². The van der Waals surface area contributed by atoms with Crippen molar-refractivity contribution in [2.45, 2.75) is 37.8 Å². The van der Waals surface area contributed by atoms with Crippen LogP contribution in [0.3, 0.4) is 0 Å². The maximum Gasteiger partial charge on any atom is 0.264 e. The summed E-state index contributed by atoms with van der Waals surface area (Å²) >= 11 is 0. The van der Waals surface area contributed by atoms with Crippen LogP contribution in [0.4, 0.5) is 0 Å². The first kappa shape index (κ1) is 14.4. The average Bonchev–Trinajstić information content (AvgIpc) is 2.19. The summed E-state index contributed by atoms with van der Waals surface area (Å²) in [5.74, 6) is -0.139. The molecule has 1 saturated carbocycles. The van der Waals surface area contributed by atoms with Gasteiger partial charge in [-0.3, -0.25) is 8.98 Å². The van der Waals surface area contributed by atoms with E-state index in [9.17, 15) is 13.2 Å². The maximum absolute atomic E-state index is 11.3. The van der Waals surface area contributed by atoms with E-state index in [0.717, 1.165) is 19.1 Å². The maximum atomic E-state index is 11.3. The van der Waals surface area contributed by atoms with Gasteiger partial charge in [-0.15, -0.1) is 0 Å². The van der Waals surface area contributed by atoms with Gasteiger partial charge in [-0.2, -0.15) is 8.42 Å². The van der Waals surface area contributed by atoms with Gasteiger partial charge in [0.15, 0.2) is 0 Å². The summed E-state index contributed by atoms with van der Waals surface area (Å²) < 4.78 is 31.5. The molecule has 1 amide bonds. The van der Waals surface area contributed by atoms with Gasteiger partial charge in [0.1, 0.15) is 6.61 Å². The number of carbonyl (C=O) groups excluding carboxylic acids is 1. The number of methoxy groups -OCH3 is 1. The van der Waals surface area contributed by atoms with Crippen molar-refractivity contribution in [3.63, 3.8) is 0 Å². The molecule has 0 unspecified atom stereocenters. The molecule has 100 valence electrons. The molecule has 0 aromatic rings. The van der Waals surface area contributed by atoms with E-state index in [2.05, 4.69) is 5.32 Å². The third-order valence-corrected chi connectivity index (χ3v) is 3.25. The van der Waals surface area contributed by atoms with E-state index in [0.29, 0.717) is 12.8 Å². The number of ether oxygens (including phenoxy) is 1. The van der Waals surface area contributed by atoms with E-state index in [1.165, 1.54) is 7.11 Å². The monoisotopic (exact) mass is 265 g/mol. The van der Waals surface area contributed by atoms with Crippen LogP contribution >= 0.6 is 0 Å². The fourth-order valence-electron chi connectivity index (χ4n) is 1.95. The zero-order valence-corrected chi connectivity index (χ0v) is 11.0. The summed E-state index contributed by atoms with van der Waals surface area (Å²) in [5.41, 5.74) is 0. The Morgan fingerprint density at radius 2 is 1.88 bits per heavy atom. The molecule has 1 N–H and O–H groups in total. The molecule has 6 nitrogen and oxygen atoms in total. The van der Waals surface area contributed by atoms with Gasteiger partial charge in [0, 0.05) is 13.2 Å². The summed E-state index contributed by atoms with van der Waals surface area (Å²) in [6.45, 7) is 0.0553. The third kappa shape index (κ3) is 5.99. The molecule has 0 bridgehead atoms. The Morgan fingerprint density at radius 3 is 2.35 bits per heavy atom. The average molecular weight is 265 g/mol. The summed E-state index contributed by atoms with van der Waals surface area (Å²) in [5, 5.41) is 2.83. The number of nitrogens with one attached hydrogen (secondary N) is 1. The standard InChI is InChI=1S/C10H19NO5S/c1-15-7-10(12)11-8-3-5-9(6-4-8)16-17(2,13)14/h8-9H,3-7H2,1-2H3,(H,11,12)/t8-,9-. The second-order valence-electron chi connectivity index (χ2n) is 4.27. The van der Waals surface area contributed by atoms with Crippen molar-refractivity contribution < 1.29 is 22.1 Å². The summed E-state index contributed by atoms with van der Waals surface area (Å²) in [7, 11) is -1.91. The minimum Gasteiger partial charge on any atom is -0.375 e. The van der Waals surface area contributed by atoms with E-state index in [1.807, 2.05) is 0 Å². The molecule has 0 aromatic carbocycles. The highest BCUT2D eigenvalue weighted by atomic mass is 32.2. The zero-order valence-electron chi connectivity index (χ0n) is 10.1. The van der Waals surface area contributed by atoms with E-state index >= 15 is 0 Å². The van der Waals surface area contributed by atoms with Gasteiger partial charge >= 0.3 is 0 Å². The van der Waals surface area contributed by atoms with Crippen LogP contribution in [-0.2, 0) is 23.8 Å². The van der Waals surface area contributed by atoms with Gasteiger partial charge in [0.25, 0.3) is 10.1 Å². The lowest BCUT2D eigenvalue weighted by Gasteiger charge is -2.28. The van der Waals surface area contributed by atoms with Gasteiger partial charge in [0.2, 0.25) is 5.91 Å². The van der Waals surface area contributed by atoms with Crippen LogP contribution in [0.2, 0.25) is 0 Å². The molecule has 17 heavy (non-hydrogen) atoms. The van der Waals surface area contributed by atoms with E-state index in [4.69, 9.17) is 8.92 Å². The lowest BCUT2D eigenvalue weighted by atomic mass is 9.93. The first-order chi connectivity index (χ1) is 7.90. The summed E-state index contributed by atoms with van der Waals surface area (Å²) in [6.07, 6.45) is 3.56. The molecule has 0 heterocycles. The third-order valence-electron chi connectivity index (χ3n) is 2.63. The molecule has 1 aliphatic carbocycles. The van der Waals surface area contributed by atoms with Crippen molar-refractivity contribution in [2.24, 2.45) is 0 Å². The zero-order chi connectivity index (χ0) is 12.9. The molecule has 1 fully saturated rings. The van der Waals surface area contributed by atoms with Crippen molar-refractivity contribution in [1.29, 1.82) is 0 Å².